The Morgan fingerprint density at radius 2 is 0.857 bits per heavy atom. The molecule has 0 spiro atoms. The van der Waals surface area contributed by atoms with Crippen LogP contribution < -0.4 is 0 Å². The molecule has 0 aromatic heterocycles. The zero-order valence-corrected chi connectivity index (χ0v) is 25.4. The molecule has 35 heavy (non-hydrogen) atoms. The van der Waals surface area contributed by atoms with Gasteiger partial charge in [0.25, 0.3) is 0 Å². The van der Waals surface area contributed by atoms with Crippen molar-refractivity contribution in [2.24, 2.45) is 21.7 Å². The minimum Gasteiger partial charge on any atom is -0.396 e. The smallest absolute Gasteiger partial charge is 0.0482 e. The summed E-state index contributed by atoms with van der Waals surface area (Å²) in [6.07, 6.45) is 20.0. The van der Waals surface area contributed by atoms with E-state index < -0.39 is 0 Å². The van der Waals surface area contributed by atoms with Gasteiger partial charge in [-0.15, -0.1) is 0 Å². The summed E-state index contributed by atoms with van der Waals surface area (Å²) in [4.78, 5) is 6.06. The average Bonchev–Trinajstić information content (AvgIpc) is 2.71. The lowest BCUT2D eigenvalue weighted by Crippen LogP contribution is -2.16. The molecule has 0 saturated carbocycles. The molecular formula is C31H52O2S2. The van der Waals surface area contributed by atoms with Crippen LogP contribution in [-0.2, 0) is 0 Å². The van der Waals surface area contributed by atoms with Crippen molar-refractivity contribution in [2.45, 2.75) is 113 Å². The summed E-state index contributed by atoms with van der Waals surface area (Å²) in [5.41, 5.74) is 0.300. The molecule has 200 valence electrons. The maximum Gasteiger partial charge on any atom is 0.0482 e. The van der Waals surface area contributed by atoms with Gasteiger partial charge in [-0.05, 0) is 88.2 Å². The number of aliphatic hydroxyl groups is 2. The maximum atomic E-state index is 9.55. The molecule has 0 saturated heterocycles. The van der Waals surface area contributed by atoms with Gasteiger partial charge in [0.15, 0.2) is 0 Å². The van der Waals surface area contributed by atoms with Gasteiger partial charge in [0.2, 0.25) is 0 Å². The molecule has 2 N–H and O–H groups in total. The van der Waals surface area contributed by atoms with Crippen molar-refractivity contribution < 1.29 is 10.2 Å². The minimum absolute atomic E-state index is 0.0234. The van der Waals surface area contributed by atoms with E-state index in [4.69, 9.17) is 0 Å². The van der Waals surface area contributed by atoms with E-state index in [-0.39, 0.29) is 34.9 Å². The van der Waals surface area contributed by atoms with Crippen LogP contribution in [0.25, 0.3) is 0 Å². The van der Waals surface area contributed by atoms with Gasteiger partial charge < -0.3 is 10.2 Å². The Kier molecular flexibility index (Phi) is 11.3. The number of thioether (sulfide) groups is 2. The second-order valence-corrected chi connectivity index (χ2v) is 16.0. The predicted octanol–water partition coefficient (Wildman–Crippen LogP) is 9.62. The fraction of sp³-hybridized carbons (Fsp3) is 0.742. The van der Waals surface area contributed by atoms with Gasteiger partial charge in [0.1, 0.15) is 0 Å². The summed E-state index contributed by atoms with van der Waals surface area (Å²) in [5.74, 6) is 0. The highest BCUT2D eigenvalue weighted by molar-refractivity contribution is 8.07. The van der Waals surface area contributed by atoms with Crippen LogP contribution in [0.3, 0.4) is 0 Å². The standard InChI is InChI=1S/C31H52O2S2/c1-28(2,22-32)16-10-14-26-20-30(5,6)18-24(34-26)12-9-13-25-19-31(7,8)21-27(35-25)15-11-17-29(3,4)23-33/h18-21,32-33H,9-17,22-23H2,1-8H3. The van der Waals surface area contributed by atoms with Gasteiger partial charge in [0, 0.05) is 24.0 Å². The Hall–Kier alpha value is -0.420. The third kappa shape index (κ3) is 11.7. The van der Waals surface area contributed by atoms with Gasteiger partial charge in [0.05, 0.1) is 0 Å². The molecule has 2 heterocycles. The van der Waals surface area contributed by atoms with Crippen molar-refractivity contribution >= 4 is 23.5 Å². The molecule has 4 heteroatoms. The first-order valence-corrected chi connectivity index (χ1v) is 15.2. The summed E-state index contributed by atoms with van der Waals surface area (Å²) in [6.45, 7) is 18.4. The highest BCUT2D eigenvalue weighted by Gasteiger charge is 2.24. The lowest BCUT2D eigenvalue weighted by Gasteiger charge is -2.28. The summed E-state index contributed by atoms with van der Waals surface area (Å²) >= 11 is 3.99. The molecule has 0 aromatic rings. The van der Waals surface area contributed by atoms with E-state index in [0.717, 1.165) is 51.4 Å². The van der Waals surface area contributed by atoms with Crippen molar-refractivity contribution in [3.8, 4) is 0 Å². The number of hydrogen-bond acceptors (Lipinski definition) is 4. The minimum atomic E-state index is 0.0234. The van der Waals surface area contributed by atoms with Gasteiger partial charge in [-0.3, -0.25) is 0 Å². The van der Waals surface area contributed by atoms with Gasteiger partial charge in [-0.25, -0.2) is 0 Å². The molecule has 2 nitrogen and oxygen atoms in total. The quantitative estimate of drug-likeness (QED) is 0.239. The summed E-state index contributed by atoms with van der Waals surface area (Å²) < 4.78 is 0. The highest BCUT2D eigenvalue weighted by atomic mass is 32.2. The number of hydrogen-bond donors (Lipinski definition) is 2. The van der Waals surface area contributed by atoms with Gasteiger partial charge in [-0.2, -0.15) is 0 Å². The Balaban J connectivity index is 1.85. The van der Waals surface area contributed by atoms with E-state index in [1.54, 1.807) is 0 Å². The Morgan fingerprint density at radius 1 is 0.571 bits per heavy atom. The molecule has 0 radical (unpaired) electrons. The third-order valence-electron chi connectivity index (χ3n) is 6.91. The van der Waals surface area contributed by atoms with Crippen LogP contribution in [0.2, 0.25) is 0 Å². The Bertz CT molecular complexity index is 757. The lowest BCUT2D eigenvalue weighted by molar-refractivity contribution is 0.148. The van der Waals surface area contributed by atoms with Crippen LogP contribution in [0.5, 0.6) is 0 Å². The predicted molar refractivity (Wildman–Crippen MR) is 158 cm³/mol. The molecule has 0 aromatic carbocycles. The monoisotopic (exact) mass is 520 g/mol. The molecule has 2 aliphatic rings. The van der Waals surface area contributed by atoms with Crippen LogP contribution >= 0.6 is 23.5 Å². The molecule has 0 amide bonds. The molecule has 0 atom stereocenters. The summed E-state index contributed by atoms with van der Waals surface area (Å²) in [7, 11) is 0. The second kappa shape index (κ2) is 12.9. The first-order chi connectivity index (χ1) is 16.1. The molecule has 0 unspecified atom stereocenters. The SMILES string of the molecule is CC1(C)C=C(CCCC2=CC(C)(C)C=C(CCCC(C)(C)CO)S2)SC(CCCC(C)(C)CO)=C1. The fourth-order valence-electron chi connectivity index (χ4n) is 4.77. The van der Waals surface area contributed by atoms with E-state index >= 15 is 0 Å². The Labute approximate surface area is 225 Å². The van der Waals surface area contributed by atoms with Gasteiger partial charge >= 0.3 is 0 Å². The van der Waals surface area contributed by atoms with Crippen molar-refractivity contribution in [2.75, 3.05) is 13.2 Å². The number of allylic oxidation sites excluding steroid dienone is 8. The first-order valence-electron chi connectivity index (χ1n) is 13.6. The van der Waals surface area contributed by atoms with Crippen LogP contribution in [-0.4, -0.2) is 23.4 Å². The molecule has 0 fully saturated rings. The molecule has 2 rings (SSSR count). The third-order valence-corrected chi connectivity index (χ3v) is 9.25. The van der Waals surface area contributed by atoms with Crippen LogP contribution in [0.1, 0.15) is 113 Å². The van der Waals surface area contributed by atoms with E-state index in [2.05, 4.69) is 79.7 Å². The molecule has 0 bridgehead atoms. The maximum absolute atomic E-state index is 9.55. The zero-order chi connectivity index (χ0) is 26.3. The number of rotatable bonds is 14. The van der Waals surface area contributed by atoms with E-state index in [9.17, 15) is 10.2 Å². The molecule has 0 aliphatic carbocycles. The van der Waals surface area contributed by atoms with E-state index in [0.29, 0.717) is 0 Å². The fourth-order valence-corrected chi connectivity index (χ4v) is 7.88. The van der Waals surface area contributed by atoms with Crippen molar-refractivity contribution in [3.63, 3.8) is 0 Å². The van der Waals surface area contributed by atoms with Crippen molar-refractivity contribution in [3.05, 3.63) is 43.9 Å². The summed E-state index contributed by atoms with van der Waals surface area (Å²) in [5, 5.41) is 19.1. The largest absolute Gasteiger partial charge is 0.396 e. The van der Waals surface area contributed by atoms with Crippen molar-refractivity contribution in [1.82, 2.24) is 0 Å². The Morgan fingerprint density at radius 3 is 1.14 bits per heavy atom. The topological polar surface area (TPSA) is 40.5 Å². The van der Waals surface area contributed by atoms with Crippen LogP contribution in [0.15, 0.2) is 43.9 Å². The van der Waals surface area contributed by atoms with Crippen LogP contribution in [0, 0.1) is 21.7 Å². The lowest BCUT2D eigenvalue weighted by atomic mass is 9.87. The second-order valence-electron chi connectivity index (χ2n) is 13.5. The first kappa shape index (κ1) is 30.8. The van der Waals surface area contributed by atoms with E-state index in [1.807, 2.05) is 23.5 Å². The number of aliphatic hydroxyl groups excluding tert-OH is 2. The molecular weight excluding hydrogens is 468 g/mol. The average molecular weight is 521 g/mol. The normalized spacial score (nSPS) is 20.2. The molecule has 2 aliphatic heterocycles. The van der Waals surface area contributed by atoms with Gasteiger partial charge in [-0.1, -0.05) is 103 Å². The van der Waals surface area contributed by atoms with Crippen molar-refractivity contribution in [1.29, 1.82) is 0 Å². The summed E-state index contributed by atoms with van der Waals surface area (Å²) in [6, 6.07) is 0. The zero-order valence-electron chi connectivity index (χ0n) is 23.8. The van der Waals surface area contributed by atoms with Crippen LogP contribution in [0.4, 0.5) is 0 Å². The highest BCUT2D eigenvalue weighted by Crippen LogP contribution is 2.46. The van der Waals surface area contributed by atoms with E-state index in [1.165, 1.54) is 26.0 Å².